The van der Waals surface area contributed by atoms with Gasteiger partial charge in [0.1, 0.15) is 0 Å². The topological polar surface area (TPSA) is 25.8 Å². The Kier molecular flexibility index (Phi) is 5.71. The lowest BCUT2D eigenvalue weighted by molar-refractivity contribution is 0.593. The van der Waals surface area contributed by atoms with E-state index in [4.69, 9.17) is 0 Å². The van der Waals surface area contributed by atoms with Crippen LogP contribution < -0.4 is 0 Å². The Morgan fingerprint density at radius 1 is 0.657 bits per heavy atom. The zero-order valence-corrected chi connectivity index (χ0v) is 20.0. The number of rotatable bonds is 1. The molecule has 0 spiro atoms. The molecule has 6 aromatic rings. The van der Waals surface area contributed by atoms with Crippen LogP contribution in [0.4, 0.5) is 0 Å². The van der Waals surface area contributed by atoms with Crippen molar-refractivity contribution >= 4 is 32.3 Å². The summed E-state index contributed by atoms with van der Waals surface area (Å²) in [6.45, 7) is 2.37. The summed E-state index contributed by atoms with van der Waals surface area (Å²) < 4.78 is 0. The van der Waals surface area contributed by atoms with Crippen molar-refractivity contribution in [3.05, 3.63) is 121 Å². The van der Waals surface area contributed by atoms with E-state index in [0.29, 0.717) is 5.92 Å². The summed E-state index contributed by atoms with van der Waals surface area (Å²) in [5.74, 6) is 0.670. The monoisotopic (exact) mass is 452 g/mol. The van der Waals surface area contributed by atoms with Gasteiger partial charge in [0.2, 0.25) is 0 Å². The molecule has 7 rings (SSSR count). The number of hydrogen-bond donors (Lipinski definition) is 0. The minimum absolute atomic E-state index is 0.670. The standard InChI is InChI=1S/C24H21N.C9H7N/c1-16-5-4-8-19-18(16)9-10-22-20-6-2-3-7-21(20)23(15-24(19)22)17-11-13-25-14-12-17;1-2-4-9-7-10-6-5-8(9)3-1/h2-3,6-7,9-16H,4-5,8H2,1H3;1-7H. The molecule has 0 bridgehead atoms. The molecular weight excluding hydrogens is 424 g/mol. The van der Waals surface area contributed by atoms with Gasteiger partial charge in [-0.25, -0.2) is 0 Å². The Morgan fingerprint density at radius 2 is 1.37 bits per heavy atom. The first kappa shape index (κ1) is 21.5. The van der Waals surface area contributed by atoms with Gasteiger partial charge in [-0.15, -0.1) is 0 Å². The summed E-state index contributed by atoms with van der Waals surface area (Å²) in [5, 5.41) is 7.95. The van der Waals surface area contributed by atoms with Crippen LogP contribution in [0.3, 0.4) is 0 Å². The van der Waals surface area contributed by atoms with Gasteiger partial charge in [0.15, 0.2) is 0 Å². The number of fused-ring (bicyclic) bond motifs is 6. The lowest BCUT2D eigenvalue weighted by atomic mass is 9.80. The largest absolute Gasteiger partial charge is 0.265 e. The maximum atomic E-state index is 4.19. The maximum Gasteiger partial charge on any atom is 0.0346 e. The van der Waals surface area contributed by atoms with Crippen molar-refractivity contribution < 1.29 is 0 Å². The molecule has 1 atom stereocenters. The molecule has 2 heteroatoms. The van der Waals surface area contributed by atoms with Crippen molar-refractivity contribution in [2.45, 2.75) is 32.1 Å². The molecule has 2 nitrogen and oxygen atoms in total. The Hall–Kier alpha value is -4.04. The average molecular weight is 453 g/mol. The van der Waals surface area contributed by atoms with Gasteiger partial charge in [-0.2, -0.15) is 0 Å². The molecule has 35 heavy (non-hydrogen) atoms. The second-order valence-electron chi connectivity index (χ2n) is 9.45. The highest BCUT2D eigenvalue weighted by atomic mass is 14.6. The fourth-order valence-corrected chi connectivity index (χ4v) is 5.53. The molecule has 1 unspecified atom stereocenters. The van der Waals surface area contributed by atoms with E-state index < -0.39 is 0 Å². The maximum absolute atomic E-state index is 4.19. The van der Waals surface area contributed by atoms with E-state index in [-0.39, 0.29) is 0 Å². The number of benzene rings is 4. The number of aryl methyl sites for hydroxylation is 1. The molecule has 0 N–H and O–H groups in total. The van der Waals surface area contributed by atoms with E-state index >= 15 is 0 Å². The van der Waals surface area contributed by atoms with Crippen molar-refractivity contribution in [2.75, 3.05) is 0 Å². The lowest BCUT2D eigenvalue weighted by Crippen LogP contribution is -2.07. The fraction of sp³-hybridized carbons (Fsp3) is 0.152. The third kappa shape index (κ3) is 4.06. The minimum atomic E-state index is 0.670. The quantitative estimate of drug-likeness (QED) is 0.233. The van der Waals surface area contributed by atoms with E-state index in [9.17, 15) is 0 Å². The van der Waals surface area contributed by atoms with E-state index in [1.165, 1.54) is 62.7 Å². The van der Waals surface area contributed by atoms with E-state index in [0.717, 1.165) is 0 Å². The van der Waals surface area contributed by atoms with Crippen LogP contribution in [-0.2, 0) is 6.42 Å². The normalized spacial score (nSPS) is 14.9. The van der Waals surface area contributed by atoms with Gasteiger partial charge < -0.3 is 0 Å². The predicted octanol–water partition coefficient (Wildman–Crippen LogP) is 8.73. The van der Waals surface area contributed by atoms with Gasteiger partial charge in [-0.1, -0.05) is 67.6 Å². The van der Waals surface area contributed by atoms with Crippen LogP contribution in [0.5, 0.6) is 0 Å². The molecule has 0 aliphatic heterocycles. The van der Waals surface area contributed by atoms with Crippen LogP contribution in [0, 0.1) is 0 Å². The van der Waals surface area contributed by atoms with Crippen LogP contribution in [0.1, 0.15) is 36.8 Å². The third-order valence-corrected chi connectivity index (χ3v) is 7.33. The highest BCUT2D eigenvalue weighted by Crippen LogP contribution is 2.41. The van der Waals surface area contributed by atoms with Gasteiger partial charge in [-0.3, -0.25) is 9.97 Å². The van der Waals surface area contributed by atoms with E-state index in [1.807, 2.05) is 43.0 Å². The van der Waals surface area contributed by atoms with Crippen molar-refractivity contribution in [1.29, 1.82) is 0 Å². The van der Waals surface area contributed by atoms with Gasteiger partial charge >= 0.3 is 0 Å². The second kappa shape index (κ2) is 9.31. The first-order valence-corrected chi connectivity index (χ1v) is 12.5. The molecule has 1 aliphatic carbocycles. The number of aromatic nitrogens is 2. The highest BCUT2D eigenvalue weighted by Gasteiger charge is 2.20. The van der Waals surface area contributed by atoms with Crippen molar-refractivity contribution in [3.63, 3.8) is 0 Å². The SMILES string of the molecule is CC1CCCc2c1ccc1c2cc(-c2ccncc2)c2ccccc21.c1ccc2cnccc2c1. The van der Waals surface area contributed by atoms with Crippen LogP contribution in [0.15, 0.2) is 110 Å². The summed E-state index contributed by atoms with van der Waals surface area (Å²) in [6, 6.07) is 30.4. The van der Waals surface area contributed by atoms with Crippen LogP contribution in [0.25, 0.3) is 43.4 Å². The molecule has 1 aliphatic rings. The molecule has 0 amide bonds. The smallest absolute Gasteiger partial charge is 0.0346 e. The fourth-order valence-electron chi connectivity index (χ4n) is 5.53. The number of pyridine rings is 2. The van der Waals surface area contributed by atoms with Crippen LogP contribution in [0.2, 0.25) is 0 Å². The molecule has 4 aromatic carbocycles. The Labute approximate surface area is 206 Å². The van der Waals surface area contributed by atoms with E-state index in [1.54, 1.807) is 11.1 Å². The van der Waals surface area contributed by atoms with Gasteiger partial charge in [-0.05, 0) is 104 Å². The molecule has 170 valence electrons. The summed E-state index contributed by atoms with van der Waals surface area (Å²) >= 11 is 0. The van der Waals surface area contributed by atoms with E-state index in [2.05, 4.69) is 83.6 Å². The third-order valence-electron chi connectivity index (χ3n) is 7.33. The molecule has 0 fully saturated rings. The first-order chi connectivity index (χ1) is 17.3. The summed E-state index contributed by atoms with van der Waals surface area (Å²) in [4.78, 5) is 8.21. The molecule has 2 heterocycles. The zero-order valence-electron chi connectivity index (χ0n) is 20.0. The second-order valence-corrected chi connectivity index (χ2v) is 9.45. The van der Waals surface area contributed by atoms with Crippen molar-refractivity contribution in [3.8, 4) is 11.1 Å². The van der Waals surface area contributed by atoms with Crippen molar-refractivity contribution in [1.82, 2.24) is 9.97 Å². The number of hydrogen-bond acceptors (Lipinski definition) is 2. The molecule has 2 aromatic heterocycles. The van der Waals surface area contributed by atoms with Gasteiger partial charge in [0, 0.05) is 24.8 Å². The predicted molar refractivity (Wildman–Crippen MR) is 148 cm³/mol. The Balaban J connectivity index is 0.000000191. The molecule has 0 radical (unpaired) electrons. The number of nitrogens with zero attached hydrogens (tertiary/aromatic N) is 2. The summed E-state index contributed by atoms with van der Waals surface area (Å²) in [5.41, 5.74) is 5.68. The first-order valence-electron chi connectivity index (χ1n) is 12.5. The van der Waals surface area contributed by atoms with Gasteiger partial charge in [0.25, 0.3) is 0 Å². The summed E-state index contributed by atoms with van der Waals surface area (Å²) in [7, 11) is 0. The van der Waals surface area contributed by atoms with Gasteiger partial charge in [0.05, 0.1) is 0 Å². The molecule has 0 saturated heterocycles. The average Bonchev–Trinajstić information content (AvgIpc) is 2.93. The van der Waals surface area contributed by atoms with Crippen LogP contribution >= 0.6 is 0 Å². The molecule has 0 saturated carbocycles. The minimum Gasteiger partial charge on any atom is -0.265 e. The Morgan fingerprint density at radius 3 is 2.20 bits per heavy atom. The highest BCUT2D eigenvalue weighted by molar-refractivity contribution is 6.14. The van der Waals surface area contributed by atoms with Crippen LogP contribution in [-0.4, -0.2) is 9.97 Å². The molecular formula is C33H28N2. The van der Waals surface area contributed by atoms with Crippen molar-refractivity contribution in [2.24, 2.45) is 0 Å². The lowest BCUT2D eigenvalue weighted by Gasteiger charge is -2.25. The summed E-state index contributed by atoms with van der Waals surface area (Å²) in [6.07, 6.45) is 11.3. The Bertz CT molecular complexity index is 1570. The zero-order chi connectivity index (χ0) is 23.6.